The van der Waals surface area contributed by atoms with Crippen LogP contribution in [-0.2, 0) is 11.4 Å². The van der Waals surface area contributed by atoms with Gasteiger partial charge in [0.05, 0.1) is 12.3 Å². The van der Waals surface area contributed by atoms with E-state index in [9.17, 15) is 9.90 Å². The standard InChI is InChI=1S/C18H20BrNO3/c1-13(22)20-17-9-15(16(10-19)11-21)7-8-18(17)23-12-14-5-3-2-4-6-14/h2-9,16,21H,10-12H2,1H3,(H,20,22)/t16-/m0/s1. The monoisotopic (exact) mass is 377 g/mol. The third kappa shape index (κ3) is 5.08. The van der Waals surface area contributed by atoms with Gasteiger partial charge in [0.15, 0.2) is 0 Å². The number of aliphatic hydroxyl groups is 1. The summed E-state index contributed by atoms with van der Waals surface area (Å²) in [6.45, 7) is 1.92. The second-order valence-electron chi connectivity index (χ2n) is 5.24. The number of alkyl halides is 1. The summed E-state index contributed by atoms with van der Waals surface area (Å²) in [5.41, 5.74) is 2.62. The van der Waals surface area contributed by atoms with Crippen molar-refractivity contribution in [2.45, 2.75) is 19.4 Å². The van der Waals surface area contributed by atoms with Gasteiger partial charge in [-0.25, -0.2) is 0 Å². The highest BCUT2D eigenvalue weighted by Gasteiger charge is 2.13. The number of hydrogen-bond donors (Lipinski definition) is 2. The van der Waals surface area contributed by atoms with Crippen molar-refractivity contribution in [3.05, 3.63) is 59.7 Å². The molecule has 23 heavy (non-hydrogen) atoms. The first kappa shape index (κ1) is 17.5. The quantitative estimate of drug-likeness (QED) is 0.723. The van der Waals surface area contributed by atoms with E-state index in [0.717, 1.165) is 11.1 Å². The van der Waals surface area contributed by atoms with Crippen LogP contribution in [0.5, 0.6) is 5.75 Å². The number of halogens is 1. The Bertz CT molecular complexity index is 642. The molecule has 0 unspecified atom stereocenters. The summed E-state index contributed by atoms with van der Waals surface area (Å²) in [6.07, 6.45) is 0. The van der Waals surface area contributed by atoms with Gasteiger partial charge in [-0.3, -0.25) is 4.79 Å². The highest BCUT2D eigenvalue weighted by atomic mass is 79.9. The molecule has 0 aliphatic heterocycles. The molecule has 1 atom stereocenters. The first-order valence-corrected chi connectivity index (χ1v) is 8.51. The third-order valence-corrected chi connectivity index (χ3v) is 4.21. The average Bonchev–Trinajstić information content (AvgIpc) is 2.55. The summed E-state index contributed by atoms with van der Waals surface area (Å²) in [4.78, 5) is 11.4. The van der Waals surface area contributed by atoms with Gasteiger partial charge in [0.1, 0.15) is 12.4 Å². The SMILES string of the molecule is CC(=O)Nc1cc([C@H](CO)CBr)ccc1OCc1ccccc1. The number of carbonyl (C=O) groups excluding carboxylic acids is 1. The van der Waals surface area contributed by atoms with Gasteiger partial charge in [-0.05, 0) is 23.3 Å². The molecule has 0 spiro atoms. The summed E-state index contributed by atoms with van der Waals surface area (Å²) < 4.78 is 5.84. The second-order valence-corrected chi connectivity index (χ2v) is 5.89. The molecule has 2 rings (SSSR count). The van der Waals surface area contributed by atoms with Crippen LogP contribution >= 0.6 is 15.9 Å². The van der Waals surface area contributed by atoms with E-state index in [2.05, 4.69) is 21.2 Å². The fourth-order valence-corrected chi connectivity index (χ4v) is 2.77. The topological polar surface area (TPSA) is 58.6 Å². The molecule has 4 nitrogen and oxygen atoms in total. The predicted octanol–water partition coefficient (Wildman–Crippen LogP) is 3.69. The molecule has 2 aromatic carbocycles. The van der Waals surface area contributed by atoms with E-state index in [4.69, 9.17) is 4.74 Å². The molecule has 0 radical (unpaired) electrons. The normalized spacial score (nSPS) is 11.8. The van der Waals surface area contributed by atoms with Crippen molar-refractivity contribution in [1.29, 1.82) is 0 Å². The highest BCUT2D eigenvalue weighted by Crippen LogP contribution is 2.30. The van der Waals surface area contributed by atoms with E-state index in [1.807, 2.05) is 48.5 Å². The molecule has 0 heterocycles. The predicted molar refractivity (Wildman–Crippen MR) is 95.1 cm³/mol. The van der Waals surface area contributed by atoms with Gasteiger partial charge in [0.25, 0.3) is 0 Å². The van der Waals surface area contributed by atoms with Gasteiger partial charge in [-0.1, -0.05) is 52.3 Å². The number of rotatable bonds is 7. The largest absolute Gasteiger partial charge is 0.487 e. The Morgan fingerprint density at radius 2 is 2.00 bits per heavy atom. The molecule has 1 amide bonds. The Hall–Kier alpha value is -1.85. The molecule has 0 aromatic heterocycles. The molecular weight excluding hydrogens is 358 g/mol. The zero-order chi connectivity index (χ0) is 16.7. The smallest absolute Gasteiger partial charge is 0.221 e. The van der Waals surface area contributed by atoms with Crippen molar-refractivity contribution in [1.82, 2.24) is 0 Å². The van der Waals surface area contributed by atoms with Crippen LogP contribution < -0.4 is 10.1 Å². The van der Waals surface area contributed by atoms with Crippen molar-refractivity contribution in [2.24, 2.45) is 0 Å². The zero-order valence-electron chi connectivity index (χ0n) is 13.0. The maximum atomic E-state index is 11.4. The molecule has 0 saturated heterocycles. The van der Waals surface area contributed by atoms with Crippen LogP contribution in [0.2, 0.25) is 0 Å². The summed E-state index contributed by atoms with van der Waals surface area (Å²) in [5.74, 6) is 0.427. The Morgan fingerprint density at radius 3 is 2.61 bits per heavy atom. The van der Waals surface area contributed by atoms with E-state index >= 15 is 0 Å². The van der Waals surface area contributed by atoms with Crippen molar-refractivity contribution in [3.8, 4) is 5.75 Å². The van der Waals surface area contributed by atoms with Crippen LogP contribution in [0.4, 0.5) is 5.69 Å². The lowest BCUT2D eigenvalue weighted by molar-refractivity contribution is -0.114. The Labute approximate surface area is 144 Å². The lowest BCUT2D eigenvalue weighted by Gasteiger charge is -2.16. The number of aliphatic hydroxyl groups excluding tert-OH is 1. The fraction of sp³-hybridized carbons (Fsp3) is 0.278. The minimum absolute atomic E-state index is 0.0225. The minimum atomic E-state index is -0.161. The number of hydrogen-bond acceptors (Lipinski definition) is 3. The molecule has 5 heteroatoms. The summed E-state index contributed by atoms with van der Waals surface area (Å²) in [7, 11) is 0. The van der Waals surface area contributed by atoms with Crippen LogP contribution in [0, 0.1) is 0 Å². The summed E-state index contributed by atoms with van der Waals surface area (Å²) in [6, 6.07) is 15.4. The summed E-state index contributed by atoms with van der Waals surface area (Å²) in [5, 5.41) is 12.9. The first-order valence-electron chi connectivity index (χ1n) is 7.39. The Balaban J connectivity index is 2.21. The summed E-state index contributed by atoms with van der Waals surface area (Å²) >= 11 is 3.39. The lowest BCUT2D eigenvalue weighted by atomic mass is 10.0. The Morgan fingerprint density at radius 1 is 1.26 bits per heavy atom. The molecule has 0 aliphatic rings. The molecular formula is C18H20BrNO3. The molecule has 0 bridgehead atoms. The van der Waals surface area contributed by atoms with Crippen LogP contribution in [-0.4, -0.2) is 23.0 Å². The lowest BCUT2D eigenvalue weighted by Crippen LogP contribution is -2.11. The van der Waals surface area contributed by atoms with Gasteiger partial charge in [-0.2, -0.15) is 0 Å². The van der Waals surface area contributed by atoms with Crippen LogP contribution in [0.25, 0.3) is 0 Å². The van der Waals surface area contributed by atoms with Crippen molar-refractivity contribution < 1.29 is 14.6 Å². The fourth-order valence-electron chi connectivity index (χ4n) is 2.19. The molecule has 0 saturated carbocycles. The number of anilines is 1. The van der Waals surface area contributed by atoms with E-state index in [-0.39, 0.29) is 18.4 Å². The van der Waals surface area contributed by atoms with Gasteiger partial charge in [0, 0.05) is 18.2 Å². The Kier molecular flexibility index (Phi) is 6.62. The average molecular weight is 378 g/mol. The minimum Gasteiger partial charge on any atom is -0.487 e. The molecule has 2 N–H and O–H groups in total. The number of carbonyl (C=O) groups is 1. The zero-order valence-corrected chi connectivity index (χ0v) is 14.5. The third-order valence-electron chi connectivity index (χ3n) is 3.43. The number of benzene rings is 2. The van der Waals surface area contributed by atoms with Crippen LogP contribution in [0.3, 0.4) is 0 Å². The first-order chi connectivity index (χ1) is 11.1. The van der Waals surface area contributed by atoms with Gasteiger partial charge in [0.2, 0.25) is 5.91 Å². The molecule has 122 valence electrons. The number of ether oxygens (including phenoxy) is 1. The van der Waals surface area contributed by atoms with Gasteiger partial charge in [-0.15, -0.1) is 0 Å². The van der Waals surface area contributed by atoms with Crippen molar-refractivity contribution in [3.63, 3.8) is 0 Å². The van der Waals surface area contributed by atoms with Crippen molar-refractivity contribution >= 4 is 27.5 Å². The molecule has 0 aliphatic carbocycles. The molecule has 0 fully saturated rings. The second kappa shape index (κ2) is 8.70. The van der Waals surface area contributed by atoms with E-state index in [1.165, 1.54) is 6.92 Å². The molecule has 2 aromatic rings. The maximum Gasteiger partial charge on any atom is 0.221 e. The van der Waals surface area contributed by atoms with Gasteiger partial charge >= 0.3 is 0 Å². The number of amides is 1. The van der Waals surface area contributed by atoms with E-state index < -0.39 is 0 Å². The van der Waals surface area contributed by atoms with Crippen LogP contribution in [0.1, 0.15) is 24.0 Å². The van der Waals surface area contributed by atoms with Gasteiger partial charge < -0.3 is 15.2 Å². The highest BCUT2D eigenvalue weighted by molar-refractivity contribution is 9.09. The number of nitrogens with one attached hydrogen (secondary N) is 1. The maximum absolute atomic E-state index is 11.4. The van der Waals surface area contributed by atoms with E-state index in [0.29, 0.717) is 23.4 Å². The van der Waals surface area contributed by atoms with E-state index in [1.54, 1.807) is 0 Å². The van der Waals surface area contributed by atoms with Crippen LogP contribution in [0.15, 0.2) is 48.5 Å². The van der Waals surface area contributed by atoms with Crippen molar-refractivity contribution in [2.75, 3.05) is 17.3 Å².